The lowest BCUT2D eigenvalue weighted by Crippen LogP contribution is -2.72. The van der Waals surface area contributed by atoms with Gasteiger partial charge in [0.2, 0.25) is 5.91 Å². The Labute approximate surface area is 123 Å². The zero-order valence-corrected chi connectivity index (χ0v) is 11.5. The number of nitrogens with one attached hydrogen (secondary N) is 1. The van der Waals surface area contributed by atoms with E-state index in [1.807, 2.05) is 5.32 Å². The molecule has 1 amide bonds. The Morgan fingerprint density at radius 2 is 1.95 bits per heavy atom. The highest BCUT2D eigenvalue weighted by atomic mass is 19.1. The van der Waals surface area contributed by atoms with Crippen LogP contribution in [0.15, 0.2) is 0 Å². The fraction of sp³-hybridized carbons (Fsp3) is 0.818. The van der Waals surface area contributed by atoms with Crippen LogP contribution in [0.5, 0.6) is 0 Å². The number of carboxylic acids is 1. The number of hydrogen-bond acceptors (Lipinski definition) is 8. The third-order valence-electron chi connectivity index (χ3n) is 3.31. The standard InChI is InChI=1S/C11H18FNO9/c1-3(15)13-5-7(18)9(12)11(21,10(19)20)22-8(5)6(17)4(16)2-14/h4-9,14,16-18,21H,2H2,1H3,(H,13,15)(H,19,20)/t4-,5-,6-,7?,8?,9?,11+/m1/s1. The van der Waals surface area contributed by atoms with Gasteiger partial charge in [0, 0.05) is 6.92 Å². The lowest BCUT2D eigenvalue weighted by molar-refractivity contribution is -0.320. The highest BCUT2D eigenvalue weighted by Crippen LogP contribution is 2.32. The molecule has 0 radical (unpaired) electrons. The highest BCUT2D eigenvalue weighted by molar-refractivity contribution is 5.77. The largest absolute Gasteiger partial charge is 0.477 e. The Kier molecular flexibility index (Phi) is 5.78. The Morgan fingerprint density at radius 3 is 2.36 bits per heavy atom. The van der Waals surface area contributed by atoms with Crippen LogP contribution in [-0.4, -0.2) is 91.5 Å². The smallest absolute Gasteiger partial charge is 0.367 e. The number of carbonyl (C=O) groups is 2. The van der Waals surface area contributed by atoms with Crippen molar-refractivity contribution in [1.29, 1.82) is 0 Å². The summed E-state index contributed by atoms with van der Waals surface area (Å²) in [6, 6.07) is -1.66. The van der Waals surface area contributed by atoms with Gasteiger partial charge in [-0.15, -0.1) is 0 Å². The number of halogens is 1. The molecule has 1 fully saturated rings. The molecule has 22 heavy (non-hydrogen) atoms. The topological polar surface area (TPSA) is 177 Å². The molecule has 0 aromatic rings. The van der Waals surface area contributed by atoms with Crippen molar-refractivity contribution >= 4 is 11.9 Å². The number of aliphatic carboxylic acids is 1. The molecule has 11 heteroatoms. The van der Waals surface area contributed by atoms with Crippen LogP contribution in [0.25, 0.3) is 0 Å². The summed E-state index contributed by atoms with van der Waals surface area (Å²) in [5.74, 6) is -6.43. The van der Waals surface area contributed by atoms with E-state index in [-0.39, 0.29) is 0 Å². The number of carbonyl (C=O) groups excluding carboxylic acids is 1. The van der Waals surface area contributed by atoms with Gasteiger partial charge in [-0.05, 0) is 0 Å². The van der Waals surface area contributed by atoms with Gasteiger partial charge in [0.15, 0.2) is 6.17 Å². The molecule has 0 bridgehead atoms. The minimum absolute atomic E-state index is 0.767. The molecule has 0 spiro atoms. The zero-order chi connectivity index (χ0) is 17.2. The Morgan fingerprint density at radius 1 is 1.41 bits per heavy atom. The van der Waals surface area contributed by atoms with Crippen LogP contribution in [0.3, 0.4) is 0 Å². The number of aliphatic hydroxyl groups is 5. The number of hydrogen-bond donors (Lipinski definition) is 7. The number of carboxylic acid groups (broad SMARTS) is 1. The number of amides is 1. The van der Waals surface area contributed by atoms with Crippen LogP contribution >= 0.6 is 0 Å². The fourth-order valence-corrected chi connectivity index (χ4v) is 2.13. The molecule has 0 aromatic heterocycles. The maximum absolute atomic E-state index is 13.9. The maximum Gasteiger partial charge on any atom is 0.367 e. The monoisotopic (exact) mass is 327 g/mol. The van der Waals surface area contributed by atoms with E-state index < -0.39 is 60.9 Å². The second-order valence-electron chi connectivity index (χ2n) is 4.94. The van der Waals surface area contributed by atoms with Crippen LogP contribution < -0.4 is 5.32 Å². The first-order valence-corrected chi connectivity index (χ1v) is 6.26. The van der Waals surface area contributed by atoms with Gasteiger partial charge >= 0.3 is 11.8 Å². The van der Waals surface area contributed by atoms with Crippen molar-refractivity contribution in [2.24, 2.45) is 0 Å². The molecule has 1 aliphatic heterocycles. The lowest BCUT2D eigenvalue weighted by Gasteiger charge is -2.46. The number of alkyl halides is 1. The SMILES string of the molecule is CC(=O)N[C@@H]1C(O)C(F)[C@@](O)(C(=O)O)OC1[C@H](O)[C@H](O)CO. The maximum atomic E-state index is 13.9. The summed E-state index contributed by atoms with van der Waals surface area (Å²) in [5.41, 5.74) is 0. The van der Waals surface area contributed by atoms with E-state index in [9.17, 15) is 34.4 Å². The van der Waals surface area contributed by atoms with Crippen molar-refractivity contribution in [1.82, 2.24) is 5.32 Å². The van der Waals surface area contributed by atoms with Crippen molar-refractivity contribution in [3.05, 3.63) is 0 Å². The molecule has 7 atom stereocenters. The third-order valence-corrected chi connectivity index (χ3v) is 3.31. The summed E-state index contributed by atoms with van der Waals surface area (Å²) in [6.07, 6.45) is -10.8. The van der Waals surface area contributed by atoms with Crippen molar-refractivity contribution in [2.45, 2.75) is 49.3 Å². The van der Waals surface area contributed by atoms with Crippen LogP contribution in [0.4, 0.5) is 4.39 Å². The van der Waals surface area contributed by atoms with Crippen molar-refractivity contribution in [3.8, 4) is 0 Å². The van der Waals surface area contributed by atoms with E-state index in [0.29, 0.717) is 0 Å². The lowest BCUT2D eigenvalue weighted by atomic mass is 9.87. The molecular formula is C11H18FNO9. The van der Waals surface area contributed by atoms with Crippen LogP contribution in [0.1, 0.15) is 6.92 Å². The van der Waals surface area contributed by atoms with Crippen molar-refractivity contribution < 1.29 is 49.4 Å². The minimum atomic E-state index is -3.49. The minimum Gasteiger partial charge on any atom is -0.477 e. The van der Waals surface area contributed by atoms with Gasteiger partial charge in [0.25, 0.3) is 0 Å². The first-order chi connectivity index (χ1) is 10.1. The molecule has 0 aromatic carbocycles. The molecule has 1 heterocycles. The predicted molar refractivity (Wildman–Crippen MR) is 65.1 cm³/mol. The molecule has 10 nitrogen and oxygen atoms in total. The second-order valence-corrected chi connectivity index (χ2v) is 4.94. The molecule has 128 valence electrons. The predicted octanol–water partition coefficient (Wildman–Crippen LogP) is -3.92. The van der Waals surface area contributed by atoms with Gasteiger partial charge < -0.3 is 40.7 Å². The van der Waals surface area contributed by atoms with Gasteiger partial charge in [-0.25, -0.2) is 9.18 Å². The molecule has 3 unspecified atom stereocenters. The van der Waals surface area contributed by atoms with Gasteiger partial charge in [-0.1, -0.05) is 0 Å². The van der Waals surface area contributed by atoms with Crippen LogP contribution in [-0.2, 0) is 14.3 Å². The molecule has 0 aliphatic carbocycles. The van der Waals surface area contributed by atoms with E-state index in [1.54, 1.807) is 0 Å². The first kappa shape index (κ1) is 18.7. The van der Waals surface area contributed by atoms with E-state index >= 15 is 0 Å². The third kappa shape index (κ3) is 3.34. The Hall–Kier alpha value is -1.37. The number of rotatable bonds is 5. The average molecular weight is 327 g/mol. The van der Waals surface area contributed by atoms with Gasteiger partial charge in [-0.2, -0.15) is 0 Å². The zero-order valence-electron chi connectivity index (χ0n) is 11.5. The summed E-state index contributed by atoms with van der Waals surface area (Å²) >= 11 is 0. The highest BCUT2D eigenvalue weighted by Gasteiger charge is 2.61. The normalized spacial score (nSPS) is 38.1. The van der Waals surface area contributed by atoms with Gasteiger partial charge in [-0.3, -0.25) is 4.79 Å². The molecule has 1 aliphatic rings. The molecule has 7 N–H and O–H groups in total. The van der Waals surface area contributed by atoms with Gasteiger partial charge in [0.1, 0.15) is 24.4 Å². The molecule has 1 saturated heterocycles. The van der Waals surface area contributed by atoms with Crippen LogP contribution in [0.2, 0.25) is 0 Å². The summed E-state index contributed by atoms with van der Waals surface area (Å²) in [5, 5.41) is 58.4. The van der Waals surface area contributed by atoms with E-state index in [2.05, 4.69) is 4.74 Å². The Bertz CT molecular complexity index is 436. The summed E-state index contributed by atoms with van der Waals surface area (Å²) in [7, 11) is 0. The first-order valence-electron chi connectivity index (χ1n) is 6.26. The average Bonchev–Trinajstić information content (AvgIpc) is 2.45. The van der Waals surface area contributed by atoms with Crippen molar-refractivity contribution in [2.75, 3.05) is 6.61 Å². The summed E-state index contributed by atoms with van der Waals surface area (Å²) in [4.78, 5) is 22.1. The fourth-order valence-electron chi connectivity index (χ4n) is 2.13. The number of ether oxygens (including phenoxy) is 1. The molecule has 0 saturated carbocycles. The second kappa shape index (κ2) is 6.81. The molecular weight excluding hydrogens is 309 g/mol. The van der Waals surface area contributed by atoms with E-state index in [4.69, 9.17) is 10.2 Å². The Balaban J connectivity index is 3.19. The van der Waals surface area contributed by atoms with Crippen molar-refractivity contribution in [3.63, 3.8) is 0 Å². The van der Waals surface area contributed by atoms with E-state index in [0.717, 1.165) is 6.92 Å². The summed E-state index contributed by atoms with van der Waals surface area (Å²) < 4.78 is 18.5. The van der Waals surface area contributed by atoms with Crippen LogP contribution in [0, 0.1) is 0 Å². The quantitative estimate of drug-likeness (QED) is 0.266. The van der Waals surface area contributed by atoms with Gasteiger partial charge in [0.05, 0.1) is 12.6 Å². The number of aliphatic hydroxyl groups excluding tert-OH is 4. The summed E-state index contributed by atoms with van der Waals surface area (Å²) in [6.45, 7) is 0.0400. The molecule has 1 rings (SSSR count). The van der Waals surface area contributed by atoms with E-state index in [1.165, 1.54) is 0 Å².